The summed E-state index contributed by atoms with van der Waals surface area (Å²) in [6.07, 6.45) is 2.56. The van der Waals surface area contributed by atoms with Crippen LogP contribution in [0.3, 0.4) is 0 Å². The molecule has 122 valence electrons. The summed E-state index contributed by atoms with van der Waals surface area (Å²) in [5.41, 5.74) is 2.96. The fraction of sp³-hybridized carbons (Fsp3) is 0.353. The minimum Gasteiger partial charge on any atom is -0.462 e. The van der Waals surface area contributed by atoms with E-state index in [1.165, 1.54) is 0 Å². The van der Waals surface area contributed by atoms with E-state index in [2.05, 4.69) is 27.9 Å². The SMILES string of the molecule is CCOC(=O)/C(Br)=C/c1oc2ccc(Cl)c3c2c1CN(C)CC3. The topological polar surface area (TPSA) is 42.7 Å². The summed E-state index contributed by atoms with van der Waals surface area (Å²) in [4.78, 5) is 14.0. The highest BCUT2D eigenvalue weighted by atomic mass is 79.9. The van der Waals surface area contributed by atoms with Crippen molar-refractivity contribution in [2.75, 3.05) is 20.2 Å². The highest BCUT2D eigenvalue weighted by molar-refractivity contribution is 9.12. The van der Waals surface area contributed by atoms with E-state index in [0.29, 0.717) is 16.8 Å². The van der Waals surface area contributed by atoms with Gasteiger partial charge in [0.15, 0.2) is 0 Å². The van der Waals surface area contributed by atoms with Crippen LogP contribution >= 0.6 is 27.5 Å². The Morgan fingerprint density at radius 2 is 2.26 bits per heavy atom. The smallest absolute Gasteiger partial charge is 0.345 e. The minimum absolute atomic E-state index is 0.331. The molecule has 1 aliphatic heterocycles. The number of carbonyl (C=O) groups is 1. The van der Waals surface area contributed by atoms with E-state index in [-0.39, 0.29) is 0 Å². The lowest BCUT2D eigenvalue weighted by molar-refractivity contribution is -0.137. The molecule has 0 saturated heterocycles. The number of carbonyl (C=O) groups excluding carboxylic acids is 1. The normalized spacial score (nSPS) is 15.7. The van der Waals surface area contributed by atoms with Crippen molar-refractivity contribution in [3.8, 4) is 0 Å². The average Bonchev–Trinajstić information content (AvgIpc) is 2.73. The summed E-state index contributed by atoms with van der Waals surface area (Å²) in [5.74, 6) is 0.262. The Bertz CT molecular complexity index is 797. The first-order valence-electron chi connectivity index (χ1n) is 7.47. The van der Waals surface area contributed by atoms with E-state index in [0.717, 1.165) is 46.6 Å². The molecule has 0 unspecified atom stereocenters. The lowest BCUT2D eigenvalue weighted by Gasteiger charge is -2.13. The Morgan fingerprint density at radius 3 is 3.00 bits per heavy atom. The molecule has 1 aromatic heterocycles. The molecule has 2 heterocycles. The molecule has 0 bridgehead atoms. The molecular formula is C17H17BrClNO3. The van der Waals surface area contributed by atoms with Gasteiger partial charge in [0.05, 0.1) is 6.61 Å². The quantitative estimate of drug-likeness (QED) is 0.569. The van der Waals surface area contributed by atoms with Crippen molar-refractivity contribution in [1.82, 2.24) is 4.90 Å². The summed E-state index contributed by atoms with van der Waals surface area (Å²) < 4.78 is 11.3. The number of hydrogen-bond donors (Lipinski definition) is 0. The summed E-state index contributed by atoms with van der Waals surface area (Å²) in [7, 11) is 2.06. The third kappa shape index (κ3) is 3.18. The summed E-state index contributed by atoms with van der Waals surface area (Å²) >= 11 is 9.65. The number of rotatable bonds is 3. The van der Waals surface area contributed by atoms with Crippen LogP contribution in [-0.2, 0) is 22.5 Å². The zero-order valence-corrected chi connectivity index (χ0v) is 15.3. The Morgan fingerprint density at radius 1 is 1.48 bits per heavy atom. The first kappa shape index (κ1) is 16.6. The van der Waals surface area contributed by atoms with Crippen molar-refractivity contribution >= 4 is 50.5 Å². The molecule has 6 heteroatoms. The monoisotopic (exact) mass is 397 g/mol. The molecule has 23 heavy (non-hydrogen) atoms. The molecule has 0 N–H and O–H groups in total. The molecule has 4 nitrogen and oxygen atoms in total. The van der Waals surface area contributed by atoms with E-state index in [9.17, 15) is 4.79 Å². The summed E-state index contributed by atoms with van der Waals surface area (Å²) in [6.45, 7) is 3.78. The Hall–Kier alpha value is -1.30. The Kier molecular flexibility index (Phi) is 4.80. The molecule has 3 rings (SSSR count). The molecule has 0 amide bonds. The van der Waals surface area contributed by atoms with Gasteiger partial charge in [-0.15, -0.1) is 0 Å². The van der Waals surface area contributed by atoms with Gasteiger partial charge in [0.25, 0.3) is 0 Å². The number of hydrogen-bond acceptors (Lipinski definition) is 4. The number of likely N-dealkylation sites (N-methyl/N-ethyl adjacent to an activating group) is 1. The molecule has 0 saturated carbocycles. The molecule has 1 aliphatic rings. The van der Waals surface area contributed by atoms with Crippen LogP contribution in [0.25, 0.3) is 17.0 Å². The number of esters is 1. The van der Waals surface area contributed by atoms with Gasteiger partial charge in [-0.3, -0.25) is 0 Å². The first-order valence-corrected chi connectivity index (χ1v) is 8.64. The number of halogens is 2. The third-order valence-electron chi connectivity index (χ3n) is 3.94. The van der Waals surface area contributed by atoms with Crippen LogP contribution in [0.1, 0.15) is 23.8 Å². The lowest BCUT2D eigenvalue weighted by atomic mass is 10.0. The van der Waals surface area contributed by atoms with Gasteiger partial charge in [-0.25, -0.2) is 4.79 Å². The second-order valence-corrected chi connectivity index (χ2v) is 6.81. The third-order valence-corrected chi connectivity index (χ3v) is 4.84. The van der Waals surface area contributed by atoms with Crippen molar-refractivity contribution in [2.45, 2.75) is 19.9 Å². The fourth-order valence-electron chi connectivity index (χ4n) is 2.86. The van der Waals surface area contributed by atoms with Crippen LogP contribution in [0.4, 0.5) is 0 Å². The first-order chi connectivity index (χ1) is 11.0. The number of nitrogens with zero attached hydrogens (tertiary/aromatic N) is 1. The van der Waals surface area contributed by atoms with E-state index in [1.54, 1.807) is 13.0 Å². The maximum Gasteiger partial charge on any atom is 0.345 e. The molecule has 0 radical (unpaired) electrons. The van der Waals surface area contributed by atoms with Gasteiger partial charge in [0.2, 0.25) is 0 Å². The zero-order chi connectivity index (χ0) is 16.6. The maximum absolute atomic E-state index is 11.8. The van der Waals surface area contributed by atoms with Crippen LogP contribution < -0.4 is 0 Å². The van der Waals surface area contributed by atoms with Crippen molar-refractivity contribution in [2.24, 2.45) is 0 Å². The molecule has 2 aromatic rings. The van der Waals surface area contributed by atoms with E-state index in [4.69, 9.17) is 20.8 Å². The van der Waals surface area contributed by atoms with E-state index >= 15 is 0 Å². The largest absolute Gasteiger partial charge is 0.462 e. The molecule has 0 atom stereocenters. The van der Waals surface area contributed by atoms with Gasteiger partial charge in [0, 0.05) is 35.1 Å². The summed E-state index contributed by atoms with van der Waals surface area (Å²) in [5, 5.41) is 1.83. The van der Waals surface area contributed by atoms with Gasteiger partial charge in [-0.05, 0) is 54.0 Å². The van der Waals surface area contributed by atoms with Crippen molar-refractivity contribution in [3.63, 3.8) is 0 Å². The molecular weight excluding hydrogens is 382 g/mol. The predicted octanol–water partition coefficient (Wildman–Crippen LogP) is 4.37. The van der Waals surface area contributed by atoms with Crippen LogP contribution in [0.15, 0.2) is 21.0 Å². The number of ether oxygens (including phenoxy) is 1. The highest BCUT2D eigenvalue weighted by Gasteiger charge is 2.23. The average molecular weight is 399 g/mol. The van der Waals surface area contributed by atoms with Crippen molar-refractivity contribution in [1.29, 1.82) is 0 Å². The van der Waals surface area contributed by atoms with Crippen LogP contribution in [0.5, 0.6) is 0 Å². The Balaban J connectivity index is 2.15. The fourth-order valence-corrected chi connectivity index (χ4v) is 3.44. The summed E-state index contributed by atoms with van der Waals surface area (Å²) in [6, 6.07) is 3.75. The Labute approximate surface area is 148 Å². The van der Waals surface area contributed by atoms with E-state index < -0.39 is 5.97 Å². The standard InChI is InChI=1S/C17H17BrClNO3/c1-3-22-17(21)12(18)8-15-11-9-20(2)7-6-10-13(19)4-5-14(23-15)16(10)11/h4-5,8H,3,6-7,9H2,1-2H3/b12-8-. The maximum atomic E-state index is 11.8. The van der Waals surface area contributed by atoms with Gasteiger partial charge in [-0.1, -0.05) is 11.6 Å². The predicted molar refractivity (Wildman–Crippen MR) is 94.8 cm³/mol. The van der Waals surface area contributed by atoms with Crippen LogP contribution in [0, 0.1) is 0 Å². The molecule has 0 spiro atoms. The number of benzene rings is 1. The highest BCUT2D eigenvalue weighted by Crippen LogP contribution is 2.37. The van der Waals surface area contributed by atoms with Crippen LogP contribution in [0.2, 0.25) is 5.02 Å². The van der Waals surface area contributed by atoms with Crippen molar-refractivity contribution in [3.05, 3.63) is 38.5 Å². The van der Waals surface area contributed by atoms with Gasteiger partial charge >= 0.3 is 5.97 Å². The van der Waals surface area contributed by atoms with Gasteiger partial charge < -0.3 is 14.1 Å². The molecule has 0 aliphatic carbocycles. The van der Waals surface area contributed by atoms with Gasteiger partial charge in [0.1, 0.15) is 15.8 Å². The molecule has 1 aromatic carbocycles. The number of furan rings is 1. The van der Waals surface area contributed by atoms with Gasteiger partial charge in [-0.2, -0.15) is 0 Å². The van der Waals surface area contributed by atoms with Crippen molar-refractivity contribution < 1.29 is 13.9 Å². The van der Waals surface area contributed by atoms with Crippen LogP contribution in [-0.4, -0.2) is 31.1 Å². The minimum atomic E-state index is -0.402. The zero-order valence-electron chi connectivity index (χ0n) is 13.0. The lowest BCUT2D eigenvalue weighted by Crippen LogP contribution is -2.18. The second kappa shape index (κ2) is 6.67. The van der Waals surface area contributed by atoms with E-state index in [1.807, 2.05) is 12.1 Å². The second-order valence-electron chi connectivity index (χ2n) is 5.54. The molecule has 0 fully saturated rings.